The second kappa shape index (κ2) is 6.48. The predicted molar refractivity (Wildman–Crippen MR) is 105 cm³/mol. The van der Waals surface area contributed by atoms with Crippen LogP contribution in [0.5, 0.6) is 0 Å². The van der Waals surface area contributed by atoms with Crippen LogP contribution in [0.4, 0.5) is 5.69 Å². The van der Waals surface area contributed by atoms with Gasteiger partial charge in [-0.2, -0.15) is 5.10 Å². The molecule has 1 amide bonds. The lowest BCUT2D eigenvalue weighted by molar-refractivity contribution is 0.0988. The minimum Gasteiger partial charge on any atom is -0.310 e. The van der Waals surface area contributed by atoms with Gasteiger partial charge in [-0.05, 0) is 35.9 Å². The number of hydrogen-bond acceptors (Lipinski definition) is 2. The molecule has 0 radical (unpaired) electrons. The molecule has 0 bridgehead atoms. The first-order chi connectivity index (χ1) is 12.6. The van der Waals surface area contributed by atoms with Gasteiger partial charge in [0, 0.05) is 18.3 Å². The summed E-state index contributed by atoms with van der Waals surface area (Å²) in [4.78, 5) is 14.4. The second-order valence-electron chi connectivity index (χ2n) is 6.39. The van der Waals surface area contributed by atoms with E-state index in [1.807, 2.05) is 61.5 Å². The molecule has 0 unspecified atom stereocenters. The highest BCUT2D eigenvalue weighted by Gasteiger charge is 2.17. The van der Waals surface area contributed by atoms with Crippen LogP contribution in [0.25, 0.3) is 22.0 Å². The van der Waals surface area contributed by atoms with Crippen LogP contribution in [0, 0.1) is 6.92 Å². The molecule has 4 rings (SSSR count). The Bertz CT molecular complexity index is 1070. The van der Waals surface area contributed by atoms with Crippen LogP contribution < -0.4 is 4.90 Å². The van der Waals surface area contributed by atoms with Gasteiger partial charge in [-0.1, -0.05) is 60.2 Å². The third-order valence-electron chi connectivity index (χ3n) is 4.60. The Morgan fingerprint density at radius 2 is 1.69 bits per heavy atom. The number of nitrogens with one attached hydrogen (secondary N) is 1. The molecule has 0 atom stereocenters. The molecular formula is C22H19N3O. The highest BCUT2D eigenvalue weighted by atomic mass is 16.2. The van der Waals surface area contributed by atoms with Gasteiger partial charge in [0.2, 0.25) is 0 Å². The Hall–Kier alpha value is -3.40. The molecule has 0 saturated carbocycles. The van der Waals surface area contributed by atoms with Gasteiger partial charge < -0.3 is 4.90 Å². The van der Waals surface area contributed by atoms with Crippen molar-refractivity contribution in [2.24, 2.45) is 0 Å². The zero-order valence-corrected chi connectivity index (χ0v) is 14.7. The monoisotopic (exact) mass is 341 g/mol. The number of fused-ring (bicyclic) bond motifs is 1. The number of aryl methyl sites for hydroxylation is 1. The Labute approximate surface area is 152 Å². The van der Waals surface area contributed by atoms with Crippen molar-refractivity contribution in [3.05, 3.63) is 84.1 Å². The summed E-state index contributed by atoms with van der Waals surface area (Å²) < 4.78 is 0. The maximum absolute atomic E-state index is 12.8. The Morgan fingerprint density at radius 1 is 0.962 bits per heavy atom. The topological polar surface area (TPSA) is 49.0 Å². The molecule has 26 heavy (non-hydrogen) atoms. The Morgan fingerprint density at radius 3 is 2.50 bits per heavy atom. The van der Waals surface area contributed by atoms with Crippen LogP contribution in [0.15, 0.2) is 72.8 Å². The first kappa shape index (κ1) is 16.1. The smallest absolute Gasteiger partial charge is 0.276 e. The quantitative estimate of drug-likeness (QED) is 0.581. The zero-order chi connectivity index (χ0) is 18.1. The number of nitrogens with zero attached hydrogens (tertiary/aromatic N) is 2. The molecule has 4 heteroatoms. The minimum atomic E-state index is -0.118. The average molecular weight is 341 g/mol. The summed E-state index contributed by atoms with van der Waals surface area (Å²) in [5, 5.41) is 9.53. The minimum absolute atomic E-state index is 0.118. The lowest BCUT2D eigenvalue weighted by Gasteiger charge is -2.16. The molecule has 128 valence electrons. The molecule has 1 heterocycles. The first-order valence-corrected chi connectivity index (χ1v) is 8.52. The number of rotatable bonds is 3. The number of carbonyl (C=O) groups excluding carboxylic acids is 1. The zero-order valence-electron chi connectivity index (χ0n) is 14.7. The number of aromatic nitrogens is 2. The highest BCUT2D eigenvalue weighted by molar-refractivity contribution is 6.05. The fourth-order valence-electron chi connectivity index (χ4n) is 3.08. The van der Waals surface area contributed by atoms with Crippen LogP contribution in [0.2, 0.25) is 0 Å². The predicted octanol–water partition coefficient (Wildman–Crippen LogP) is 4.81. The Kier molecular flexibility index (Phi) is 4.01. The van der Waals surface area contributed by atoms with Crippen LogP contribution >= 0.6 is 0 Å². The summed E-state index contributed by atoms with van der Waals surface area (Å²) in [5.41, 5.74) is 4.26. The van der Waals surface area contributed by atoms with Gasteiger partial charge >= 0.3 is 0 Å². The summed E-state index contributed by atoms with van der Waals surface area (Å²) in [6, 6.07) is 24.0. The number of H-pyrrole nitrogens is 1. The van der Waals surface area contributed by atoms with Gasteiger partial charge in [0.1, 0.15) is 5.69 Å². The van der Waals surface area contributed by atoms with Crippen LogP contribution in [0.3, 0.4) is 0 Å². The number of hydrogen-bond donors (Lipinski definition) is 1. The molecule has 0 fully saturated rings. The van der Waals surface area contributed by atoms with Crippen molar-refractivity contribution < 1.29 is 4.79 Å². The van der Waals surface area contributed by atoms with Crippen molar-refractivity contribution in [3.63, 3.8) is 0 Å². The van der Waals surface area contributed by atoms with Crippen molar-refractivity contribution >= 4 is 22.4 Å². The van der Waals surface area contributed by atoms with E-state index in [4.69, 9.17) is 0 Å². The fourth-order valence-corrected chi connectivity index (χ4v) is 3.08. The van der Waals surface area contributed by atoms with Crippen LogP contribution in [0.1, 0.15) is 16.1 Å². The SMILES string of the molecule is Cc1ccc(N(C)C(=O)c2cc(-c3cccc4ccccc34)n[nH]2)cc1. The van der Waals surface area contributed by atoms with Crippen molar-refractivity contribution in [1.82, 2.24) is 10.2 Å². The third kappa shape index (κ3) is 2.86. The van der Waals surface area contributed by atoms with Crippen molar-refractivity contribution in [2.45, 2.75) is 6.92 Å². The maximum atomic E-state index is 12.8. The van der Waals surface area contributed by atoms with E-state index >= 15 is 0 Å². The molecule has 1 aromatic heterocycles. The van der Waals surface area contributed by atoms with E-state index < -0.39 is 0 Å². The summed E-state index contributed by atoms with van der Waals surface area (Å²) in [6.45, 7) is 2.02. The number of anilines is 1. The summed E-state index contributed by atoms with van der Waals surface area (Å²) in [5.74, 6) is -0.118. The van der Waals surface area contributed by atoms with Crippen LogP contribution in [-0.4, -0.2) is 23.2 Å². The van der Waals surface area contributed by atoms with Crippen molar-refractivity contribution in [1.29, 1.82) is 0 Å². The number of carbonyl (C=O) groups is 1. The molecule has 3 aromatic carbocycles. The van der Waals surface area contributed by atoms with Gasteiger partial charge in [0.25, 0.3) is 5.91 Å². The third-order valence-corrected chi connectivity index (χ3v) is 4.60. The van der Waals surface area contributed by atoms with E-state index in [-0.39, 0.29) is 5.91 Å². The molecule has 0 saturated heterocycles. The van der Waals surface area contributed by atoms with Gasteiger partial charge in [-0.3, -0.25) is 9.89 Å². The van der Waals surface area contributed by atoms with Gasteiger partial charge in [-0.25, -0.2) is 0 Å². The Balaban J connectivity index is 1.67. The average Bonchev–Trinajstić information content (AvgIpc) is 3.17. The van der Waals surface area contributed by atoms with Crippen LogP contribution in [-0.2, 0) is 0 Å². The molecule has 4 aromatic rings. The molecule has 1 N–H and O–H groups in total. The fraction of sp³-hybridized carbons (Fsp3) is 0.0909. The summed E-state index contributed by atoms with van der Waals surface area (Å²) in [6.07, 6.45) is 0. The molecule has 0 aliphatic rings. The largest absolute Gasteiger partial charge is 0.310 e. The number of amides is 1. The van der Waals surface area contributed by atoms with E-state index in [2.05, 4.69) is 28.4 Å². The molecule has 0 aliphatic heterocycles. The molecule has 0 aliphatic carbocycles. The van der Waals surface area contributed by atoms with E-state index in [0.29, 0.717) is 5.69 Å². The standard InChI is InChI=1S/C22H19N3O/c1-15-10-12-17(13-11-15)25(2)22(26)21-14-20(23-24-21)19-9-5-7-16-6-3-4-8-18(16)19/h3-14H,1-2H3,(H,23,24). The van der Waals surface area contributed by atoms with Gasteiger partial charge in [-0.15, -0.1) is 0 Å². The lowest BCUT2D eigenvalue weighted by atomic mass is 10.0. The molecule has 0 spiro atoms. The molecular weight excluding hydrogens is 322 g/mol. The van der Waals surface area contributed by atoms with Crippen molar-refractivity contribution in [2.75, 3.05) is 11.9 Å². The number of aromatic amines is 1. The lowest BCUT2D eigenvalue weighted by Crippen LogP contribution is -2.26. The highest BCUT2D eigenvalue weighted by Crippen LogP contribution is 2.28. The first-order valence-electron chi connectivity index (χ1n) is 8.52. The van der Waals surface area contributed by atoms with E-state index in [1.165, 1.54) is 0 Å². The van der Waals surface area contributed by atoms with Gasteiger partial charge in [0.15, 0.2) is 0 Å². The van der Waals surface area contributed by atoms with E-state index in [9.17, 15) is 4.79 Å². The van der Waals surface area contributed by atoms with E-state index in [1.54, 1.807) is 11.9 Å². The number of benzene rings is 3. The molecule has 4 nitrogen and oxygen atoms in total. The maximum Gasteiger partial charge on any atom is 0.276 e. The summed E-state index contributed by atoms with van der Waals surface area (Å²) >= 11 is 0. The normalized spacial score (nSPS) is 10.8. The van der Waals surface area contributed by atoms with E-state index in [0.717, 1.165) is 33.3 Å². The van der Waals surface area contributed by atoms with Gasteiger partial charge in [0.05, 0.1) is 5.69 Å². The van der Waals surface area contributed by atoms with Crippen molar-refractivity contribution in [3.8, 4) is 11.3 Å². The summed E-state index contributed by atoms with van der Waals surface area (Å²) in [7, 11) is 1.77. The second-order valence-corrected chi connectivity index (χ2v) is 6.39.